The van der Waals surface area contributed by atoms with E-state index < -0.39 is 12.0 Å². The van der Waals surface area contributed by atoms with Crippen LogP contribution in [0.4, 0.5) is 0 Å². The first-order valence-corrected chi connectivity index (χ1v) is 7.92. The number of carbonyl (C=O) groups excluding carboxylic acids is 1. The van der Waals surface area contributed by atoms with E-state index in [9.17, 15) is 9.59 Å². The molecule has 5 nitrogen and oxygen atoms in total. The number of hydrogen-bond acceptors (Lipinski definition) is 3. The number of alkyl halides is 1. The Morgan fingerprint density at radius 2 is 1.70 bits per heavy atom. The van der Waals surface area contributed by atoms with E-state index in [0.717, 1.165) is 38.5 Å². The fourth-order valence-electron chi connectivity index (χ4n) is 1.84. The summed E-state index contributed by atoms with van der Waals surface area (Å²) in [7, 11) is 0. The number of rotatable bonds is 13. The summed E-state index contributed by atoms with van der Waals surface area (Å²) >= 11 is 5.58. The number of amides is 1. The highest BCUT2D eigenvalue weighted by Crippen LogP contribution is 2.06. The maximum Gasteiger partial charge on any atom is 0.320 e. The van der Waals surface area contributed by atoms with Crippen LogP contribution in [-0.2, 0) is 9.59 Å². The molecule has 20 heavy (non-hydrogen) atoms. The van der Waals surface area contributed by atoms with E-state index in [1.807, 2.05) is 0 Å². The molecule has 0 spiro atoms. The van der Waals surface area contributed by atoms with Crippen molar-refractivity contribution in [1.29, 1.82) is 0 Å². The van der Waals surface area contributed by atoms with Crippen molar-refractivity contribution in [3.63, 3.8) is 0 Å². The molecule has 118 valence electrons. The molecule has 0 aliphatic heterocycles. The Labute approximate surface area is 126 Å². The van der Waals surface area contributed by atoms with Gasteiger partial charge in [0.15, 0.2) is 0 Å². The number of carboxylic acid groups (broad SMARTS) is 1. The molecule has 6 heteroatoms. The van der Waals surface area contributed by atoms with Crippen molar-refractivity contribution in [1.82, 2.24) is 5.32 Å². The van der Waals surface area contributed by atoms with Crippen molar-refractivity contribution < 1.29 is 14.7 Å². The average Bonchev–Trinajstić information content (AvgIpc) is 2.41. The van der Waals surface area contributed by atoms with Crippen LogP contribution in [0.15, 0.2) is 0 Å². The Morgan fingerprint density at radius 1 is 1.05 bits per heavy atom. The first-order valence-electron chi connectivity index (χ1n) is 7.39. The molecule has 0 aromatic heterocycles. The summed E-state index contributed by atoms with van der Waals surface area (Å²) in [5, 5.41) is 11.4. The lowest BCUT2D eigenvalue weighted by Gasteiger charge is -2.07. The highest BCUT2D eigenvalue weighted by Gasteiger charge is 2.10. The summed E-state index contributed by atoms with van der Waals surface area (Å²) in [6.45, 7) is 0.595. The topological polar surface area (TPSA) is 92.4 Å². The van der Waals surface area contributed by atoms with E-state index in [1.54, 1.807) is 0 Å². The molecule has 0 bridgehead atoms. The van der Waals surface area contributed by atoms with Gasteiger partial charge in [-0.05, 0) is 32.1 Å². The second-order valence-corrected chi connectivity index (χ2v) is 5.38. The van der Waals surface area contributed by atoms with Gasteiger partial charge in [-0.2, -0.15) is 0 Å². The van der Waals surface area contributed by atoms with E-state index in [2.05, 4.69) is 5.32 Å². The fourth-order valence-corrected chi connectivity index (χ4v) is 2.03. The predicted octanol–water partition coefficient (Wildman–Crippen LogP) is 2.26. The summed E-state index contributed by atoms with van der Waals surface area (Å²) < 4.78 is 0. The highest BCUT2D eigenvalue weighted by molar-refractivity contribution is 6.17. The number of unbranched alkanes of at least 4 members (excludes halogenated alkanes) is 5. The van der Waals surface area contributed by atoms with Gasteiger partial charge in [0.05, 0.1) is 0 Å². The highest BCUT2D eigenvalue weighted by atomic mass is 35.5. The van der Waals surface area contributed by atoms with Crippen LogP contribution < -0.4 is 11.1 Å². The molecule has 0 aliphatic carbocycles. The molecule has 4 N–H and O–H groups in total. The number of carbonyl (C=O) groups is 2. The number of hydrogen-bond donors (Lipinski definition) is 3. The lowest BCUT2D eigenvalue weighted by molar-refractivity contribution is -0.138. The van der Waals surface area contributed by atoms with E-state index in [0.29, 0.717) is 31.7 Å². The zero-order valence-electron chi connectivity index (χ0n) is 12.1. The largest absolute Gasteiger partial charge is 0.480 e. The molecular weight excluding hydrogens is 280 g/mol. The van der Waals surface area contributed by atoms with Gasteiger partial charge < -0.3 is 16.2 Å². The van der Waals surface area contributed by atoms with Gasteiger partial charge in [0.1, 0.15) is 6.04 Å². The minimum atomic E-state index is -0.969. The minimum absolute atomic E-state index is 0.0740. The second-order valence-electron chi connectivity index (χ2n) is 5.00. The van der Waals surface area contributed by atoms with E-state index >= 15 is 0 Å². The summed E-state index contributed by atoms with van der Waals surface area (Å²) in [5.41, 5.74) is 5.38. The first kappa shape index (κ1) is 19.2. The predicted molar refractivity (Wildman–Crippen MR) is 80.9 cm³/mol. The zero-order valence-corrected chi connectivity index (χ0v) is 12.8. The molecule has 0 saturated heterocycles. The van der Waals surface area contributed by atoms with Crippen LogP contribution in [0.3, 0.4) is 0 Å². The average molecular weight is 307 g/mol. The number of halogens is 1. The quantitative estimate of drug-likeness (QED) is 0.359. The molecule has 0 aromatic rings. The van der Waals surface area contributed by atoms with E-state index in [1.165, 1.54) is 0 Å². The summed E-state index contributed by atoms with van der Waals surface area (Å²) in [6, 6.07) is -0.793. The minimum Gasteiger partial charge on any atom is -0.480 e. The Morgan fingerprint density at radius 3 is 2.35 bits per heavy atom. The van der Waals surface area contributed by atoms with Crippen LogP contribution in [0, 0.1) is 0 Å². The standard InChI is InChI=1S/C14H27ClN2O3/c15-10-6-3-1-2-4-9-13(18)17-11-7-5-8-12(16)14(19)20/h12H,1-11,16H2,(H,17,18)(H,19,20)/t12-/m0/s1. The SMILES string of the molecule is N[C@@H](CCCCNC(=O)CCCCCCCCl)C(=O)O. The van der Waals surface area contributed by atoms with Crippen LogP contribution in [0.2, 0.25) is 0 Å². The number of nitrogens with one attached hydrogen (secondary N) is 1. The lowest BCUT2D eigenvalue weighted by atomic mass is 10.1. The molecule has 1 atom stereocenters. The van der Waals surface area contributed by atoms with Gasteiger partial charge in [-0.15, -0.1) is 11.6 Å². The molecule has 0 aliphatic rings. The van der Waals surface area contributed by atoms with Crippen molar-refractivity contribution in [2.75, 3.05) is 12.4 Å². The van der Waals surface area contributed by atoms with Crippen LogP contribution >= 0.6 is 11.6 Å². The van der Waals surface area contributed by atoms with Gasteiger partial charge in [-0.3, -0.25) is 9.59 Å². The number of carboxylic acids is 1. The Kier molecular flexibility index (Phi) is 12.7. The van der Waals surface area contributed by atoms with Crippen molar-refractivity contribution >= 4 is 23.5 Å². The van der Waals surface area contributed by atoms with Crippen LogP contribution in [0.1, 0.15) is 57.8 Å². The third-order valence-corrected chi connectivity index (χ3v) is 3.39. The van der Waals surface area contributed by atoms with Crippen molar-refractivity contribution in [2.45, 2.75) is 63.8 Å². The lowest BCUT2D eigenvalue weighted by Crippen LogP contribution is -2.30. The van der Waals surface area contributed by atoms with Crippen molar-refractivity contribution in [3.05, 3.63) is 0 Å². The van der Waals surface area contributed by atoms with Gasteiger partial charge in [0.25, 0.3) is 0 Å². The molecule has 0 unspecified atom stereocenters. The monoisotopic (exact) mass is 306 g/mol. The van der Waals surface area contributed by atoms with Gasteiger partial charge in [0.2, 0.25) is 5.91 Å². The van der Waals surface area contributed by atoms with Gasteiger partial charge >= 0.3 is 5.97 Å². The molecule has 0 rings (SSSR count). The Hall–Kier alpha value is -0.810. The van der Waals surface area contributed by atoms with Crippen molar-refractivity contribution in [3.8, 4) is 0 Å². The zero-order chi connectivity index (χ0) is 15.2. The van der Waals surface area contributed by atoms with Gasteiger partial charge in [0, 0.05) is 18.8 Å². The molecule has 0 heterocycles. The molecule has 1 amide bonds. The summed E-state index contributed by atoms with van der Waals surface area (Å²) in [4.78, 5) is 22.0. The smallest absolute Gasteiger partial charge is 0.320 e. The molecule has 0 saturated carbocycles. The first-order chi connectivity index (χ1) is 9.57. The van der Waals surface area contributed by atoms with Gasteiger partial charge in [-0.1, -0.05) is 19.3 Å². The Bertz CT molecular complexity index is 275. The van der Waals surface area contributed by atoms with Crippen LogP contribution in [0.5, 0.6) is 0 Å². The maximum absolute atomic E-state index is 11.5. The third-order valence-electron chi connectivity index (χ3n) is 3.12. The third kappa shape index (κ3) is 12.2. The number of nitrogens with two attached hydrogens (primary N) is 1. The van der Waals surface area contributed by atoms with Crippen LogP contribution in [0.25, 0.3) is 0 Å². The second kappa shape index (κ2) is 13.2. The molecule has 0 aromatic carbocycles. The van der Waals surface area contributed by atoms with E-state index in [4.69, 9.17) is 22.4 Å². The molecular formula is C14H27ClN2O3. The fraction of sp³-hybridized carbons (Fsp3) is 0.857. The summed E-state index contributed by atoms with van der Waals surface area (Å²) in [5.74, 6) is -0.181. The molecule has 0 fully saturated rings. The Balaban J connectivity index is 3.30. The van der Waals surface area contributed by atoms with E-state index in [-0.39, 0.29) is 5.91 Å². The van der Waals surface area contributed by atoms with Gasteiger partial charge in [-0.25, -0.2) is 0 Å². The van der Waals surface area contributed by atoms with Crippen LogP contribution in [-0.4, -0.2) is 35.4 Å². The normalized spacial score (nSPS) is 12.1. The number of aliphatic carboxylic acids is 1. The maximum atomic E-state index is 11.5. The van der Waals surface area contributed by atoms with Crippen molar-refractivity contribution in [2.24, 2.45) is 5.73 Å². The summed E-state index contributed by atoms with van der Waals surface area (Å²) in [6.07, 6.45) is 7.79. The molecule has 0 radical (unpaired) electrons.